The fourth-order valence-electron chi connectivity index (χ4n) is 4.27. The molecule has 1 aliphatic rings. The maximum absolute atomic E-state index is 11.2. The van der Waals surface area contributed by atoms with Crippen molar-refractivity contribution < 1.29 is 14.6 Å². The lowest BCUT2D eigenvalue weighted by atomic mass is 9.74. The minimum absolute atomic E-state index is 0.0434. The van der Waals surface area contributed by atoms with Gasteiger partial charge in [-0.3, -0.25) is 4.79 Å². The summed E-state index contributed by atoms with van der Waals surface area (Å²) in [7, 11) is 1.83. The van der Waals surface area contributed by atoms with Gasteiger partial charge in [-0.2, -0.15) is 0 Å². The molecule has 2 N–H and O–H groups in total. The number of nitrogens with zero attached hydrogens (tertiary/aromatic N) is 6. The molecular formula is C26H27N7O3. The van der Waals surface area contributed by atoms with Gasteiger partial charge in [0, 0.05) is 24.7 Å². The van der Waals surface area contributed by atoms with Crippen LogP contribution in [0.15, 0.2) is 54.7 Å². The molecule has 0 spiro atoms. The van der Waals surface area contributed by atoms with Crippen LogP contribution in [0.2, 0.25) is 0 Å². The summed E-state index contributed by atoms with van der Waals surface area (Å²) in [6.07, 6.45) is 3.31. The van der Waals surface area contributed by atoms with Crippen LogP contribution in [-0.4, -0.2) is 47.6 Å². The quantitative estimate of drug-likeness (QED) is 0.364. The van der Waals surface area contributed by atoms with E-state index in [2.05, 4.69) is 30.6 Å². The van der Waals surface area contributed by atoms with Gasteiger partial charge < -0.3 is 15.2 Å². The molecule has 1 aromatic carbocycles. The Morgan fingerprint density at radius 1 is 1.11 bits per heavy atom. The monoisotopic (exact) mass is 485 g/mol. The summed E-state index contributed by atoms with van der Waals surface area (Å²) in [6, 6.07) is 15.5. The molecule has 4 aromatic rings. The highest BCUT2D eigenvalue weighted by molar-refractivity contribution is 5.71. The molecule has 184 valence electrons. The Bertz CT molecular complexity index is 1370. The van der Waals surface area contributed by atoms with Gasteiger partial charge in [0.1, 0.15) is 11.4 Å². The van der Waals surface area contributed by atoms with Crippen LogP contribution >= 0.6 is 0 Å². The number of carboxylic acids is 1. The third kappa shape index (κ3) is 4.88. The van der Waals surface area contributed by atoms with Crippen molar-refractivity contribution in [3.05, 3.63) is 66.1 Å². The standard InChI is InChI=1S/C26H27N7O3/c1-16-23(36-15-18-8-9-19(18)25(34)35)11-10-21(29-16)24-22(33(2)32-31-24)14-28-26-27-13-12-20(30-26)17-6-4-3-5-7-17/h3-7,10-13,18-19H,8-9,14-15H2,1-2H3,(H,34,35)(H,27,28,30)/t18-,19+/m0/s1. The number of ether oxygens (including phenoxy) is 1. The highest BCUT2D eigenvalue weighted by Crippen LogP contribution is 2.35. The normalized spacial score (nSPS) is 16.8. The molecule has 0 saturated heterocycles. The van der Waals surface area contributed by atoms with Gasteiger partial charge in [0.05, 0.1) is 41.8 Å². The Kier molecular flexibility index (Phi) is 6.57. The van der Waals surface area contributed by atoms with Gasteiger partial charge in [0.2, 0.25) is 5.95 Å². The Morgan fingerprint density at radius 3 is 2.67 bits per heavy atom. The number of carboxylic acid groups (broad SMARTS) is 1. The molecule has 10 nitrogen and oxygen atoms in total. The Hall–Kier alpha value is -4.34. The molecule has 36 heavy (non-hydrogen) atoms. The van der Waals surface area contributed by atoms with Crippen molar-refractivity contribution in [2.24, 2.45) is 18.9 Å². The second-order valence-corrected chi connectivity index (χ2v) is 8.87. The van der Waals surface area contributed by atoms with Crippen LogP contribution in [0.1, 0.15) is 24.2 Å². The number of rotatable bonds is 9. The topological polar surface area (TPSA) is 128 Å². The fourth-order valence-corrected chi connectivity index (χ4v) is 4.27. The maximum Gasteiger partial charge on any atom is 0.306 e. The zero-order valence-corrected chi connectivity index (χ0v) is 20.1. The summed E-state index contributed by atoms with van der Waals surface area (Å²) in [5, 5.41) is 21.0. The van der Waals surface area contributed by atoms with E-state index in [0.29, 0.717) is 48.4 Å². The molecule has 2 atom stereocenters. The van der Waals surface area contributed by atoms with Crippen LogP contribution < -0.4 is 10.1 Å². The number of pyridine rings is 1. The molecule has 1 fully saturated rings. The summed E-state index contributed by atoms with van der Waals surface area (Å²) in [4.78, 5) is 24.9. The lowest BCUT2D eigenvalue weighted by Gasteiger charge is -2.33. The van der Waals surface area contributed by atoms with Crippen molar-refractivity contribution in [1.82, 2.24) is 29.9 Å². The van der Waals surface area contributed by atoms with E-state index in [9.17, 15) is 9.90 Å². The number of aliphatic carboxylic acids is 1. The molecule has 1 saturated carbocycles. The lowest BCUT2D eigenvalue weighted by molar-refractivity contribution is -0.148. The van der Waals surface area contributed by atoms with E-state index >= 15 is 0 Å². The Balaban J connectivity index is 1.28. The number of hydrogen-bond donors (Lipinski definition) is 2. The van der Waals surface area contributed by atoms with Crippen molar-refractivity contribution in [3.63, 3.8) is 0 Å². The average molecular weight is 486 g/mol. The summed E-state index contributed by atoms with van der Waals surface area (Å²) >= 11 is 0. The first-order valence-corrected chi connectivity index (χ1v) is 11.8. The molecule has 3 aromatic heterocycles. The number of aryl methyl sites for hydroxylation is 2. The summed E-state index contributed by atoms with van der Waals surface area (Å²) in [5.74, 6) is 0.129. The predicted octanol–water partition coefficient (Wildman–Crippen LogP) is 3.74. The Labute approximate surface area is 208 Å². The highest BCUT2D eigenvalue weighted by Gasteiger charge is 2.37. The van der Waals surface area contributed by atoms with Gasteiger partial charge in [-0.1, -0.05) is 35.5 Å². The molecule has 1 aliphatic carbocycles. The molecule has 10 heteroatoms. The van der Waals surface area contributed by atoms with Crippen molar-refractivity contribution >= 4 is 11.9 Å². The third-order valence-corrected chi connectivity index (χ3v) is 6.55. The second kappa shape index (κ2) is 10.1. The Morgan fingerprint density at radius 2 is 1.94 bits per heavy atom. The van der Waals surface area contributed by atoms with E-state index in [4.69, 9.17) is 4.74 Å². The molecule has 3 heterocycles. The van der Waals surface area contributed by atoms with Crippen LogP contribution in [-0.2, 0) is 18.4 Å². The summed E-state index contributed by atoms with van der Waals surface area (Å²) in [6.45, 7) is 2.65. The number of benzene rings is 1. The van der Waals surface area contributed by atoms with E-state index in [-0.39, 0.29) is 11.8 Å². The zero-order valence-electron chi connectivity index (χ0n) is 20.1. The minimum Gasteiger partial charge on any atom is -0.491 e. The van der Waals surface area contributed by atoms with Crippen LogP contribution in [0.4, 0.5) is 5.95 Å². The van der Waals surface area contributed by atoms with E-state index in [1.54, 1.807) is 10.9 Å². The fraction of sp³-hybridized carbons (Fsp3) is 0.308. The van der Waals surface area contributed by atoms with Crippen molar-refractivity contribution in [1.29, 1.82) is 0 Å². The van der Waals surface area contributed by atoms with E-state index in [1.165, 1.54) is 0 Å². The van der Waals surface area contributed by atoms with Crippen molar-refractivity contribution in [3.8, 4) is 28.4 Å². The molecule has 5 rings (SSSR count). The average Bonchev–Trinajstić information content (AvgIpc) is 3.23. The second-order valence-electron chi connectivity index (χ2n) is 8.87. The van der Waals surface area contributed by atoms with Crippen LogP contribution in [0.3, 0.4) is 0 Å². The van der Waals surface area contributed by atoms with Crippen LogP contribution in [0.5, 0.6) is 5.75 Å². The number of anilines is 1. The number of carbonyl (C=O) groups is 1. The van der Waals surface area contributed by atoms with Gasteiger partial charge in [-0.05, 0) is 38.0 Å². The van der Waals surface area contributed by atoms with Gasteiger partial charge in [-0.25, -0.2) is 19.6 Å². The minimum atomic E-state index is -0.749. The third-order valence-electron chi connectivity index (χ3n) is 6.55. The molecule has 0 unspecified atom stereocenters. The number of nitrogens with one attached hydrogen (secondary N) is 1. The first-order valence-electron chi connectivity index (χ1n) is 11.8. The highest BCUT2D eigenvalue weighted by atomic mass is 16.5. The van der Waals surface area contributed by atoms with Gasteiger partial charge in [0.15, 0.2) is 0 Å². The predicted molar refractivity (Wildman–Crippen MR) is 133 cm³/mol. The van der Waals surface area contributed by atoms with Gasteiger partial charge >= 0.3 is 5.97 Å². The first-order chi connectivity index (χ1) is 17.5. The lowest BCUT2D eigenvalue weighted by Crippen LogP contribution is -2.36. The van der Waals surface area contributed by atoms with Crippen LogP contribution in [0, 0.1) is 18.8 Å². The molecule has 0 aliphatic heterocycles. The zero-order chi connectivity index (χ0) is 25.1. The maximum atomic E-state index is 11.2. The summed E-state index contributed by atoms with van der Waals surface area (Å²) in [5.41, 5.74) is 4.73. The summed E-state index contributed by atoms with van der Waals surface area (Å²) < 4.78 is 7.61. The van der Waals surface area contributed by atoms with E-state index < -0.39 is 5.97 Å². The van der Waals surface area contributed by atoms with Gasteiger partial charge in [-0.15, -0.1) is 5.10 Å². The largest absolute Gasteiger partial charge is 0.491 e. The van der Waals surface area contributed by atoms with Crippen molar-refractivity contribution in [2.45, 2.75) is 26.3 Å². The molecule has 0 amide bonds. The molecule has 0 radical (unpaired) electrons. The van der Waals surface area contributed by atoms with Crippen LogP contribution in [0.25, 0.3) is 22.6 Å². The first kappa shape index (κ1) is 23.4. The SMILES string of the molecule is Cc1nc(-c2nnn(C)c2CNc2nccc(-c3ccccc3)n2)ccc1OC[C@@H]1CC[C@H]1C(=O)O. The van der Waals surface area contributed by atoms with Crippen molar-refractivity contribution in [2.75, 3.05) is 11.9 Å². The molecule has 0 bridgehead atoms. The van der Waals surface area contributed by atoms with Gasteiger partial charge in [0.25, 0.3) is 0 Å². The number of aromatic nitrogens is 6. The van der Waals surface area contributed by atoms with E-state index in [1.807, 2.05) is 62.5 Å². The number of hydrogen-bond acceptors (Lipinski definition) is 8. The molecular weight excluding hydrogens is 458 g/mol. The smallest absolute Gasteiger partial charge is 0.306 e. The van der Waals surface area contributed by atoms with E-state index in [0.717, 1.165) is 23.4 Å².